The summed E-state index contributed by atoms with van der Waals surface area (Å²) in [6, 6.07) is 0. The first-order valence-electron chi connectivity index (χ1n) is 7.18. The maximum atomic E-state index is 12.0. The summed E-state index contributed by atoms with van der Waals surface area (Å²) in [6.07, 6.45) is 3.73. The minimum Gasteiger partial charge on any atom is -0.465 e. The van der Waals surface area contributed by atoms with Gasteiger partial charge < -0.3 is 20.1 Å². The minimum absolute atomic E-state index is 0.225. The van der Waals surface area contributed by atoms with Gasteiger partial charge in [0.05, 0.1) is 13.2 Å². The summed E-state index contributed by atoms with van der Waals surface area (Å²) in [5.74, 6) is 0.00795. The lowest BCUT2D eigenvalue weighted by atomic mass is 9.85. The molecule has 112 valence electrons. The Bertz CT molecular complexity index is 286. The highest BCUT2D eigenvalue weighted by Crippen LogP contribution is 2.37. The molecule has 0 spiro atoms. The van der Waals surface area contributed by atoms with Gasteiger partial charge in [-0.1, -0.05) is 6.42 Å². The summed E-state index contributed by atoms with van der Waals surface area (Å²) in [4.78, 5) is 14.2. The van der Waals surface area contributed by atoms with Crippen molar-refractivity contribution in [2.75, 3.05) is 40.5 Å². The molecule has 0 aliphatic heterocycles. The van der Waals surface area contributed by atoms with E-state index in [-0.39, 0.29) is 11.9 Å². The van der Waals surface area contributed by atoms with Gasteiger partial charge in [-0.3, -0.25) is 4.79 Å². The zero-order valence-corrected chi connectivity index (χ0v) is 12.5. The monoisotopic (exact) mass is 272 g/mol. The Hall–Kier alpha value is -0.650. The highest BCUT2D eigenvalue weighted by Gasteiger charge is 2.46. The molecule has 0 saturated heterocycles. The van der Waals surface area contributed by atoms with Gasteiger partial charge in [-0.2, -0.15) is 0 Å². The summed E-state index contributed by atoms with van der Waals surface area (Å²) < 4.78 is 10.2. The molecule has 1 aliphatic rings. The number of ether oxygens (including phenoxy) is 2. The third-order valence-electron chi connectivity index (χ3n) is 4.06. The molecule has 1 aliphatic carbocycles. The van der Waals surface area contributed by atoms with E-state index in [1.165, 1.54) is 0 Å². The maximum Gasteiger partial charge on any atom is 0.326 e. The van der Waals surface area contributed by atoms with Crippen molar-refractivity contribution in [2.45, 2.75) is 38.1 Å². The second-order valence-electron chi connectivity index (χ2n) is 5.43. The molecule has 0 bridgehead atoms. The summed E-state index contributed by atoms with van der Waals surface area (Å²) in [5, 5.41) is 0. The minimum atomic E-state index is -0.766. The van der Waals surface area contributed by atoms with E-state index in [2.05, 4.69) is 11.9 Å². The standard InChI is InChI=1S/C14H28N2O3/c1-4-19-13(17)14(15)8-5-6-12(14)7-9-16(2)10-11-18-3/h12H,4-11,15H2,1-3H3. The molecule has 0 radical (unpaired) electrons. The molecular formula is C14H28N2O3. The molecule has 5 nitrogen and oxygen atoms in total. The van der Waals surface area contributed by atoms with Crippen molar-refractivity contribution in [3.63, 3.8) is 0 Å². The quantitative estimate of drug-likeness (QED) is 0.668. The van der Waals surface area contributed by atoms with Gasteiger partial charge in [-0.15, -0.1) is 0 Å². The van der Waals surface area contributed by atoms with Crippen LogP contribution in [0.15, 0.2) is 0 Å². The van der Waals surface area contributed by atoms with E-state index in [0.29, 0.717) is 6.61 Å². The lowest BCUT2D eigenvalue weighted by Crippen LogP contribution is -2.52. The molecular weight excluding hydrogens is 244 g/mol. The zero-order chi connectivity index (χ0) is 14.3. The van der Waals surface area contributed by atoms with Crippen LogP contribution < -0.4 is 5.73 Å². The third kappa shape index (κ3) is 4.44. The van der Waals surface area contributed by atoms with Gasteiger partial charge in [0.2, 0.25) is 0 Å². The largest absolute Gasteiger partial charge is 0.465 e. The van der Waals surface area contributed by atoms with E-state index in [1.807, 2.05) is 6.92 Å². The van der Waals surface area contributed by atoms with E-state index < -0.39 is 5.54 Å². The highest BCUT2D eigenvalue weighted by atomic mass is 16.5. The second kappa shape index (κ2) is 7.82. The van der Waals surface area contributed by atoms with Gasteiger partial charge in [0, 0.05) is 13.7 Å². The topological polar surface area (TPSA) is 64.8 Å². The molecule has 1 rings (SSSR count). The Kier molecular flexibility index (Phi) is 6.75. The maximum absolute atomic E-state index is 12.0. The van der Waals surface area contributed by atoms with Crippen molar-refractivity contribution in [3.8, 4) is 0 Å². The van der Waals surface area contributed by atoms with E-state index in [0.717, 1.165) is 45.4 Å². The van der Waals surface area contributed by atoms with Gasteiger partial charge in [-0.05, 0) is 45.7 Å². The molecule has 1 fully saturated rings. The number of esters is 1. The Labute approximate surface area is 116 Å². The number of hydrogen-bond acceptors (Lipinski definition) is 5. The molecule has 0 heterocycles. The van der Waals surface area contributed by atoms with Crippen molar-refractivity contribution in [2.24, 2.45) is 11.7 Å². The van der Waals surface area contributed by atoms with E-state index >= 15 is 0 Å². The molecule has 2 atom stereocenters. The van der Waals surface area contributed by atoms with Crippen molar-refractivity contribution in [1.29, 1.82) is 0 Å². The van der Waals surface area contributed by atoms with Crippen LogP contribution in [0.5, 0.6) is 0 Å². The summed E-state index contributed by atoms with van der Waals surface area (Å²) in [5.41, 5.74) is 5.54. The van der Waals surface area contributed by atoms with Gasteiger partial charge in [0.25, 0.3) is 0 Å². The molecule has 2 unspecified atom stereocenters. The predicted molar refractivity (Wildman–Crippen MR) is 74.9 cm³/mol. The van der Waals surface area contributed by atoms with E-state index in [4.69, 9.17) is 15.2 Å². The van der Waals surface area contributed by atoms with Crippen molar-refractivity contribution in [1.82, 2.24) is 4.90 Å². The summed E-state index contributed by atoms with van der Waals surface area (Å²) in [7, 11) is 3.77. The van der Waals surface area contributed by atoms with Crippen molar-refractivity contribution < 1.29 is 14.3 Å². The number of likely N-dealkylation sites (N-methyl/N-ethyl adjacent to an activating group) is 1. The number of carbonyl (C=O) groups excluding carboxylic acids is 1. The third-order valence-corrected chi connectivity index (χ3v) is 4.06. The van der Waals surface area contributed by atoms with Gasteiger partial charge in [0.1, 0.15) is 5.54 Å². The van der Waals surface area contributed by atoms with Crippen LogP contribution in [0.1, 0.15) is 32.6 Å². The first kappa shape index (κ1) is 16.4. The average molecular weight is 272 g/mol. The van der Waals surface area contributed by atoms with Crippen LogP contribution in [0.4, 0.5) is 0 Å². The number of methoxy groups -OCH3 is 1. The fourth-order valence-corrected chi connectivity index (χ4v) is 2.77. The molecule has 0 aromatic rings. The van der Waals surface area contributed by atoms with Gasteiger partial charge in [0.15, 0.2) is 0 Å². The van der Waals surface area contributed by atoms with E-state index in [1.54, 1.807) is 7.11 Å². The number of carbonyl (C=O) groups is 1. The number of nitrogens with zero attached hydrogens (tertiary/aromatic N) is 1. The number of nitrogens with two attached hydrogens (primary N) is 1. The van der Waals surface area contributed by atoms with Crippen LogP contribution >= 0.6 is 0 Å². The second-order valence-corrected chi connectivity index (χ2v) is 5.43. The summed E-state index contributed by atoms with van der Waals surface area (Å²) in [6.45, 7) is 4.79. The van der Waals surface area contributed by atoms with Crippen LogP contribution in [-0.4, -0.2) is 56.9 Å². The van der Waals surface area contributed by atoms with Crippen LogP contribution in [0.25, 0.3) is 0 Å². The van der Waals surface area contributed by atoms with Crippen LogP contribution in [-0.2, 0) is 14.3 Å². The normalized spacial score (nSPS) is 26.9. The van der Waals surface area contributed by atoms with Crippen LogP contribution in [0, 0.1) is 5.92 Å². The Morgan fingerprint density at radius 1 is 1.47 bits per heavy atom. The molecule has 1 saturated carbocycles. The molecule has 0 aromatic heterocycles. The van der Waals surface area contributed by atoms with Gasteiger partial charge in [-0.25, -0.2) is 0 Å². The first-order valence-corrected chi connectivity index (χ1v) is 7.18. The molecule has 19 heavy (non-hydrogen) atoms. The lowest BCUT2D eigenvalue weighted by molar-refractivity contribution is -0.151. The molecule has 0 amide bonds. The Balaban J connectivity index is 2.45. The highest BCUT2D eigenvalue weighted by molar-refractivity contribution is 5.81. The fraction of sp³-hybridized carbons (Fsp3) is 0.929. The SMILES string of the molecule is CCOC(=O)C1(N)CCCC1CCN(C)CCOC. The van der Waals surface area contributed by atoms with Crippen molar-refractivity contribution >= 4 is 5.97 Å². The lowest BCUT2D eigenvalue weighted by Gasteiger charge is -2.30. The average Bonchev–Trinajstić information content (AvgIpc) is 2.77. The Morgan fingerprint density at radius 2 is 2.21 bits per heavy atom. The van der Waals surface area contributed by atoms with Gasteiger partial charge >= 0.3 is 5.97 Å². The first-order chi connectivity index (χ1) is 9.04. The molecule has 2 N–H and O–H groups in total. The van der Waals surface area contributed by atoms with Crippen LogP contribution in [0.2, 0.25) is 0 Å². The molecule has 0 aromatic carbocycles. The van der Waals surface area contributed by atoms with Crippen LogP contribution in [0.3, 0.4) is 0 Å². The Morgan fingerprint density at radius 3 is 2.84 bits per heavy atom. The predicted octanol–water partition coefficient (Wildman–Crippen LogP) is 1.02. The summed E-state index contributed by atoms with van der Waals surface area (Å²) >= 11 is 0. The number of hydrogen-bond donors (Lipinski definition) is 1. The number of rotatable bonds is 8. The molecule has 5 heteroatoms. The zero-order valence-electron chi connectivity index (χ0n) is 12.5. The van der Waals surface area contributed by atoms with Crippen molar-refractivity contribution in [3.05, 3.63) is 0 Å². The van der Waals surface area contributed by atoms with E-state index in [9.17, 15) is 4.79 Å². The smallest absolute Gasteiger partial charge is 0.326 e. The fourth-order valence-electron chi connectivity index (χ4n) is 2.77.